The van der Waals surface area contributed by atoms with Crippen molar-refractivity contribution in [1.29, 1.82) is 0 Å². The number of aromatic amines is 1. The first-order valence-electron chi connectivity index (χ1n) is 6.63. The van der Waals surface area contributed by atoms with E-state index in [4.69, 9.17) is 9.47 Å². The maximum absolute atomic E-state index is 11.9. The molecule has 1 aromatic carbocycles. The van der Waals surface area contributed by atoms with E-state index in [0.29, 0.717) is 31.8 Å². The van der Waals surface area contributed by atoms with E-state index in [0.717, 1.165) is 17.1 Å². The number of amides is 1. The predicted octanol–water partition coefficient (Wildman–Crippen LogP) is 2.36. The number of hydrogen-bond donors (Lipinski definition) is 2. The van der Waals surface area contributed by atoms with Crippen molar-refractivity contribution in [2.45, 2.75) is 12.8 Å². The van der Waals surface area contributed by atoms with Gasteiger partial charge in [-0.1, -0.05) is 0 Å². The molecule has 0 bridgehead atoms. The summed E-state index contributed by atoms with van der Waals surface area (Å²) in [5.74, 6) is 1.38. The van der Waals surface area contributed by atoms with E-state index in [9.17, 15) is 4.79 Å². The van der Waals surface area contributed by atoms with Crippen LogP contribution in [0.4, 0.5) is 5.69 Å². The van der Waals surface area contributed by atoms with Gasteiger partial charge in [-0.3, -0.25) is 4.79 Å². The van der Waals surface area contributed by atoms with Crippen LogP contribution in [0.1, 0.15) is 12.1 Å². The SMILES string of the molecule is O=C(CCc1ccc[nH]1)Nc1ccc2c(c1)OCCO2. The highest BCUT2D eigenvalue weighted by atomic mass is 16.6. The summed E-state index contributed by atoms with van der Waals surface area (Å²) in [4.78, 5) is 15.0. The molecule has 2 N–H and O–H groups in total. The number of hydrogen-bond acceptors (Lipinski definition) is 3. The zero-order valence-electron chi connectivity index (χ0n) is 11.0. The molecule has 0 spiro atoms. The monoisotopic (exact) mass is 272 g/mol. The van der Waals surface area contributed by atoms with Crippen LogP contribution in [0, 0.1) is 0 Å². The second-order valence-electron chi connectivity index (χ2n) is 4.60. The van der Waals surface area contributed by atoms with Crippen LogP contribution in [0.5, 0.6) is 11.5 Å². The van der Waals surface area contributed by atoms with Crippen molar-refractivity contribution in [2.24, 2.45) is 0 Å². The average molecular weight is 272 g/mol. The first-order chi connectivity index (χ1) is 9.81. The average Bonchev–Trinajstić information content (AvgIpc) is 2.98. The van der Waals surface area contributed by atoms with Crippen LogP contribution >= 0.6 is 0 Å². The summed E-state index contributed by atoms with van der Waals surface area (Å²) in [5.41, 5.74) is 1.79. The van der Waals surface area contributed by atoms with Crippen LogP contribution in [0.15, 0.2) is 36.5 Å². The third kappa shape index (κ3) is 2.93. The Kier molecular flexibility index (Phi) is 3.58. The van der Waals surface area contributed by atoms with Gasteiger partial charge in [0, 0.05) is 30.1 Å². The zero-order valence-corrected chi connectivity index (χ0v) is 11.0. The molecule has 0 saturated heterocycles. The Balaban J connectivity index is 1.58. The molecular formula is C15H16N2O3. The van der Waals surface area contributed by atoms with Gasteiger partial charge in [0.25, 0.3) is 0 Å². The summed E-state index contributed by atoms with van der Waals surface area (Å²) < 4.78 is 10.9. The Bertz CT molecular complexity index is 593. The maximum Gasteiger partial charge on any atom is 0.224 e. The number of aryl methyl sites for hydroxylation is 1. The maximum atomic E-state index is 11.9. The minimum Gasteiger partial charge on any atom is -0.486 e. The van der Waals surface area contributed by atoms with Crippen LogP contribution in [0.3, 0.4) is 0 Å². The molecule has 0 radical (unpaired) electrons. The zero-order chi connectivity index (χ0) is 13.8. The number of anilines is 1. The van der Waals surface area contributed by atoms with E-state index >= 15 is 0 Å². The van der Waals surface area contributed by atoms with Gasteiger partial charge < -0.3 is 19.8 Å². The molecule has 1 amide bonds. The topological polar surface area (TPSA) is 63.4 Å². The second-order valence-corrected chi connectivity index (χ2v) is 4.60. The van der Waals surface area contributed by atoms with Crippen molar-refractivity contribution in [3.05, 3.63) is 42.2 Å². The third-order valence-corrected chi connectivity index (χ3v) is 3.11. The molecule has 1 aliphatic heterocycles. The van der Waals surface area contributed by atoms with Crippen molar-refractivity contribution >= 4 is 11.6 Å². The lowest BCUT2D eigenvalue weighted by Gasteiger charge is -2.19. The number of aromatic nitrogens is 1. The van der Waals surface area contributed by atoms with Gasteiger partial charge in [-0.15, -0.1) is 0 Å². The smallest absolute Gasteiger partial charge is 0.224 e. The first-order valence-corrected chi connectivity index (χ1v) is 6.63. The van der Waals surface area contributed by atoms with Crippen LogP contribution in [0.2, 0.25) is 0 Å². The van der Waals surface area contributed by atoms with Crippen LogP contribution in [-0.2, 0) is 11.2 Å². The normalized spacial score (nSPS) is 13.0. The standard InChI is InChI=1S/C15H16N2O3/c18-15(6-4-11-2-1-7-16-11)17-12-3-5-13-14(10-12)20-9-8-19-13/h1-3,5,7,10,16H,4,6,8-9H2,(H,17,18). The molecule has 0 saturated carbocycles. The van der Waals surface area contributed by atoms with Crippen LogP contribution in [-0.4, -0.2) is 24.1 Å². The molecule has 5 nitrogen and oxygen atoms in total. The molecule has 1 aromatic heterocycles. The Hall–Kier alpha value is -2.43. The third-order valence-electron chi connectivity index (χ3n) is 3.11. The minimum atomic E-state index is -0.0173. The highest BCUT2D eigenvalue weighted by molar-refractivity contribution is 5.91. The summed E-state index contributed by atoms with van der Waals surface area (Å²) in [7, 11) is 0. The van der Waals surface area contributed by atoms with Gasteiger partial charge in [0.1, 0.15) is 13.2 Å². The van der Waals surface area contributed by atoms with Gasteiger partial charge >= 0.3 is 0 Å². The van der Waals surface area contributed by atoms with Gasteiger partial charge in [0.15, 0.2) is 11.5 Å². The number of carbonyl (C=O) groups is 1. The number of benzene rings is 1. The Labute approximate surface area is 116 Å². The first kappa shape index (κ1) is 12.6. The molecule has 104 valence electrons. The quantitative estimate of drug-likeness (QED) is 0.898. The molecule has 0 unspecified atom stereocenters. The summed E-state index contributed by atoms with van der Waals surface area (Å²) in [6, 6.07) is 9.32. The Morgan fingerprint density at radius 3 is 2.85 bits per heavy atom. The van der Waals surface area contributed by atoms with Crippen LogP contribution < -0.4 is 14.8 Å². The number of H-pyrrole nitrogens is 1. The fourth-order valence-corrected chi connectivity index (χ4v) is 2.12. The largest absolute Gasteiger partial charge is 0.486 e. The summed E-state index contributed by atoms with van der Waals surface area (Å²) in [6.45, 7) is 1.10. The van der Waals surface area contributed by atoms with E-state index in [-0.39, 0.29) is 5.91 Å². The molecular weight excluding hydrogens is 256 g/mol. The van der Waals surface area contributed by atoms with E-state index < -0.39 is 0 Å². The molecule has 0 aliphatic carbocycles. The number of fused-ring (bicyclic) bond motifs is 1. The molecule has 5 heteroatoms. The van der Waals surface area contributed by atoms with E-state index in [1.165, 1.54) is 0 Å². The molecule has 1 aliphatic rings. The highest BCUT2D eigenvalue weighted by Crippen LogP contribution is 2.32. The lowest BCUT2D eigenvalue weighted by molar-refractivity contribution is -0.116. The molecule has 0 fully saturated rings. The van der Waals surface area contributed by atoms with Gasteiger partial charge in [0.05, 0.1) is 0 Å². The Morgan fingerprint density at radius 2 is 2.05 bits per heavy atom. The molecule has 2 heterocycles. The summed E-state index contributed by atoms with van der Waals surface area (Å²) in [6.07, 6.45) is 2.99. The van der Waals surface area contributed by atoms with E-state index in [2.05, 4.69) is 10.3 Å². The van der Waals surface area contributed by atoms with Crippen molar-refractivity contribution in [2.75, 3.05) is 18.5 Å². The lowest BCUT2D eigenvalue weighted by atomic mass is 10.2. The van der Waals surface area contributed by atoms with Gasteiger partial charge in [-0.05, 0) is 30.7 Å². The highest BCUT2D eigenvalue weighted by Gasteiger charge is 2.12. The Morgan fingerprint density at radius 1 is 1.20 bits per heavy atom. The summed E-state index contributed by atoms with van der Waals surface area (Å²) >= 11 is 0. The van der Waals surface area contributed by atoms with Gasteiger partial charge in [-0.25, -0.2) is 0 Å². The lowest BCUT2D eigenvalue weighted by Crippen LogP contribution is -2.16. The van der Waals surface area contributed by atoms with Crippen molar-refractivity contribution in [3.63, 3.8) is 0 Å². The van der Waals surface area contributed by atoms with Crippen LogP contribution in [0.25, 0.3) is 0 Å². The predicted molar refractivity (Wildman–Crippen MR) is 75.2 cm³/mol. The fraction of sp³-hybridized carbons (Fsp3) is 0.267. The minimum absolute atomic E-state index is 0.0173. The van der Waals surface area contributed by atoms with E-state index in [1.54, 1.807) is 6.07 Å². The molecule has 2 aromatic rings. The molecule has 20 heavy (non-hydrogen) atoms. The van der Waals surface area contributed by atoms with E-state index in [1.807, 2.05) is 30.5 Å². The number of rotatable bonds is 4. The van der Waals surface area contributed by atoms with Gasteiger partial charge in [0.2, 0.25) is 5.91 Å². The molecule has 3 rings (SSSR count). The van der Waals surface area contributed by atoms with Crippen molar-refractivity contribution < 1.29 is 14.3 Å². The number of nitrogens with one attached hydrogen (secondary N) is 2. The molecule has 0 atom stereocenters. The number of carbonyl (C=O) groups excluding carboxylic acids is 1. The summed E-state index contributed by atoms with van der Waals surface area (Å²) in [5, 5.41) is 2.87. The van der Waals surface area contributed by atoms with Gasteiger partial charge in [-0.2, -0.15) is 0 Å². The number of ether oxygens (including phenoxy) is 2. The second kappa shape index (κ2) is 5.69. The fourth-order valence-electron chi connectivity index (χ4n) is 2.12. The van der Waals surface area contributed by atoms with Crippen molar-refractivity contribution in [3.8, 4) is 11.5 Å². The van der Waals surface area contributed by atoms with Crippen molar-refractivity contribution in [1.82, 2.24) is 4.98 Å².